The number of ether oxygens (including phenoxy) is 1. The molecule has 1 saturated heterocycles. The quantitative estimate of drug-likeness (QED) is 0.742. The molecule has 0 aromatic carbocycles. The summed E-state index contributed by atoms with van der Waals surface area (Å²) in [6.07, 6.45) is 3.62. The lowest BCUT2D eigenvalue weighted by molar-refractivity contribution is -0.140. The van der Waals surface area contributed by atoms with E-state index in [1.807, 2.05) is 0 Å². The number of aliphatic carboxylic acids is 1. The van der Waals surface area contributed by atoms with E-state index in [0.29, 0.717) is 0 Å². The molecule has 0 spiro atoms. The van der Waals surface area contributed by atoms with Crippen LogP contribution in [0.5, 0.6) is 0 Å². The first-order chi connectivity index (χ1) is 8.09. The molecule has 1 amide bonds. The second-order valence-corrected chi connectivity index (χ2v) is 5.16. The molecule has 17 heavy (non-hydrogen) atoms. The molecule has 6 heteroatoms. The number of carboxylic acids is 1. The van der Waals surface area contributed by atoms with Crippen LogP contribution in [-0.2, 0) is 14.3 Å². The van der Waals surface area contributed by atoms with Gasteiger partial charge in [0, 0.05) is 12.4 Å². The van der Waals surface area contributed by atoms with Crippen molar-refractivity contribution < 1.29 is 19.4 Å². The van der Waals surface area contributed by atoms with Crippen LogP contribution >= 0.6 is 11.8 Å². The summed E-state index contributed by atoms with van der Waals surface area (Å²) in [5, 5.41) is 11.0. The maximum absolute atomic E-state index is 11.4. The third-order valence-electron chi connectivity index (χ3n) is 2.56. The third-order valence-corrected chi connectivity index (χ3v) is 3.63. The summed E-state index contributed by atoms with van der Waals surface area (Å²) in [6, 6.07) is -0.825. The van der Waals surface area contributed by atoms with Crippen LogP contribution in [0.1, 0.15) is 26.2 Å². The minimum atomic E-state index is -1.01. The normalized spacial score (nSPS) is 21.8. The zero-order valence-electron chi connectivity index (χ0n) is 9.98. The molecule has 2 unspecified atom stereocenters. The molecule has 0 radical (unpaired) electrons. The smallest absolute Gasteiger partial charge is 0.325 e. The predicted molar refractivity (Wildman–Crippen MR) is 66.2 cm³/mol. The number of hydrogen-bond donors (Lipinski definition) is 2. The highest BCUT2D eigenvalue weighted by molar-refractivity contribution is 7.99. The first-order valence-electron chi connectivity index (χ1n) is 5.81. The second kappa shape index (κ2) is 7.55. The van der Waals surface area contributed by atoms with Crippen molar-refractivity contribution in [2.75, 3.05) is 18.1 Å². The molecule has 2 atom stereocenters. The van der Waals surface area contributed by atoms with Crippen LogP contribution in [-0.4, -0.2) is 47.2 Å². The number of nitrogens with one attached hydrogen (secondary N) is 1. The average molecular weight is 261 g/mol. The van der Waals surface area contributed by atoms with Crippen LogP contribution in [0.15, 0.2) is 0 Å². The van der Waals surface area contributed by atoms with Gasteiger partial charge in [0.15, 0.2) is 0 Å². The molecule has 1 fully saturated rings. The van der Waals surface area contributed by atoms with E-state index in [9.17, 15) is 9.59 Å². The Morgan fingerprint density at radius 1 is 1.53 bits per heavy atom. The van der Waals surface area contributed by atoms with E-state index in [-0.39, 0.29) is 17.8 Å². The molecule has 0 saturated carbocycles. The van der Waals surface area contributed by atoms with Crippen LogP contribution < -0.4 is 5.32 Å². The highest BCUT2D eigenvalue weighted by Crippen LogP contribution is 2.16. The molecule has 1 aliphatic rings. The lowest BCUT2D eigenvalue weighted by Crippen LogP contribution is -2.39. The minimum Gasteiger partial charge on any atom is -0.480 e. The van der Waals surface area contributed by atoms with Crippen molar-refractivity contribution in [1.82, 2.24) is 5.32 Å². The van der Waals surface area contributed by atoms with Crippen LogP contribution in [0.2, 0.25) is 0 Å². The van der Waals surface area contributed by atoms with Crippen molar-refractivity contribution in [1.29, 1.82) is 0 Å². The topological polar surface area (TPSA) is 75.6 Å². The maximum atomic E-state index is 11.4. The van der Waals surface area contributed by atoms with Gasteiger partial charge >= 0.3 is 5.97 Å². The number of thioether (sulfide) groups is 1. The Morgan fingerprint density at radius 2 is 2.29 bits per heavy atom. The van der Waals surface area contributed by atoms with Crippen LogP contribution in [0, 0.1) is 0 Å². The van der Waals surface area contributed by atoms with Crippen molar-refractivity contribution in [2.45, 2.75) is 38.3 Å². The Hall–Kier alpha value is -0.750. The molecule has 98 valence electrons. The standard InChI is InChI=1S/C11H19NO4S/c1-8(11(14)15)12-10(13)7-17-6-9-4-2-3-5-16-9/h8-9H,2-7H2,1H3,(H,12,13)(H,14,15). The molecule has 2 N–H and O–H groups in total. The molecule has 1 heterocycles. The van der Waals surface area contributed by atoms with Gasteiger partial charge in [0.2, 0.25) is 5.91 Å². The van der Waals surface area contributed by atoms with Crippen LogP contribution in [0.25, 0.3) is 0 Å². The number of carbonyl (C=O) groups is 2. The summed E-state index contributed by atoms with van der Waals surface area (Å²) < 4.78 is 5.53. The minimum absolute atomic E-state index is 0.235. The fourth-order valence-corrected chi connectivity index (χ4v) is 2.48. The largest absolute Gasteiger partial charge is 0.480 e. The molecular formula is C11H19NO4S. The summed E-state index contributed by atoms with van der Waals surface area (Å²) in [7, 11) is 0. The lowest BCUT2D eigenvalue weighted by atomic mass is 10.1. The zero-order valence-corrected chi connectivity index (χ0v) is 10.8. The molecule has 0 aliphatic carbocycles. The Morgan fingerprint density at radius 3 is 2.88 bits per heavy atom. The fourth-order valence-electron chi connectivity index (χ4n) is 1.57. The predicted octanol–water partition coefficient (Wildman–Crippen LogP) is 0.878. The maximum Gasteiger partial charge on any atom is 0.325 e. The second-order valence-electron chi connectivity index (χ2n) is 4.13. The molecule has 0 aromatic rings. The number of carbonyl (C=O) groups excluding carboxylic acids is 1. The Balaban J connectivity index is 2.09. The van der Waals surface area contributed by atoms with Gasteiger partial charge in [-0.15, -0.1) is 11.8 Å². The summed E-state index contributed by atoms with van der Waals surface area (Å²) in [5.74, 6) is -0.161. The lowest BCUT2D eigenvalue weighted by Gasteiger charge is -2.22. The van der Waals surface area contributed by atoms with Crippen molar-refractivity contribution >= 4 is 23.6 Å². The van der Waals surface area contributed by atoms with Gasteiger partial charge in [-0.05, 0) is 26.2 Å². The van der Waals surface area contributed by atoms with Gasteiger partial charge in [-0.25, -0.2) is 0 Å². The van der Waals surface area contributed by atoms with Gasteiger partial charge in [-0.1, -0.05) is 0 Å². The van der Waals surface area contributed by atoms with Crippen LogP contribution in [0.3, 0.4) is 0 Å². The average Bonchev–Trinajstić information content (AvgIpc) is 2.30. The molecular weight excluding hydrogens is 242 g/mol. The Kier molecular flexibility index (Phi) is 6.36. The van der Waals surface area contributed by atoms with Gasteiger partial charge in [0.25, 0.3) is 0 Å². The molecule has 5 nitrogen and oxygen atoms in total. The van der Waals surface area contributed by atoms with E-state index in [2.05, 4.69) is 5.32 Å². The summed E-state index contributed by atoms with van der Waals surface area (Å²) in [5.41, 5.74) is 0. The van der Waals surface area contributed by atoms with Gasteiger partial charge in [-0.3, -0.25) is 9.59 Å². The number of hydrogen-bond acceptors (Lipinski definition) is 4. The number of rotatable bonds is 6. The summed E-state index contributed by atoms with van der Waals surface area (Å²) >= 11 is 1.49. The zero-order chi connectivity index (χ0) is 12.7. The SMILES string of the molecule is CC(NC(=O)CSCC1CCCCO1)C(=O)O. The number of amides is 1. The van der Waals surface area contributed by atoms with Gasteiger partial charge in [0.05, 0.1) is 11.9 Å². The molecule has 0 aromatic heterocycles. The molecule has 1 rings (SSSR count). The van der Waals surface area contributed by atoms with Crippen LogP contribution in [0.4, 0.5) is 0 Å². The Labute approximate surface area is 105 Å². The monoisotopic (exact) mass is 261 g/mol. The van der Waals surface area contributed by atoms with Crippen molar-refractivity contribution in [3.63, 3.8) is 0 Å². The van der Waals surface area contributed by atoms with Gasteiger partial charge < -0.3 is 15.2 Å². The van der Waals surface area contributed by atoms with E-state index in [1.165, 1.54) is 25.1 Å². The molecule has 1 aliphatic heterocycles. The van der Waals surface area contributed by atoms with E-state index in [0.717, 1.165) is 25.2 Å². The summed E-state index contributed by atoms with van der Waals surface area (Å²) in [4.78, 5) is 21.9. The number of carboxylic acid groups (broad SMARTS) is 1. The highest BCUT2D eigenvalue weighted by Gasteiger charge is 2.16. The van der Waals surface area contributed by atoms with E-state index < -0.39 is 12.0 Å². The first kappa shape index (κ1) is 14.3. The van der Waals surface area contributed by atoms with Crippen molar-refractivity contribution in [3.05, 3.63) is 0 Å². The van der Waals surface area contributed by atoms with Crippen molar-refractivity contribution in [2.24, 2.45) is 0 Å². The van der Waals surface area contributed by atoms with E-state index in [4.69, 9.17) is 9.84 Å². The Bertz CT molecular complexity index is 266. The fraction of sp³-hybridized carbons (Fsp3) is 0.818. The third kappa shape index (κ3) is 5.93. The van der Waals surface area contributed by atoms with Crippen molar-refractivity contribution in [3.8, 4) is 0 Å². The van der Waals surface area contributed by atoms with E-state index >= 15 is 0 Å². The van der Waals surface area contributed by atoms with Gasteiger partial charge in [-0.2, -0.15) is 0 Å². The first-order valence-corrected chi connectivity index (χ1v) is 6.96. The molecule has 0 bridgehead atoms. The summed E-state index contributed by atoms with van der Waals surface area (Å²) in [6.45, 7) is 2.27. The van der Waals surface area contributed by atoms with Gasteiger partial charge in [0.1, 0.15) is 6.04 Å². The van der Waals surface area contributed by atoms with E-state index in [1.54, 1.807) is 0 Å². The highest BCUT2D eigenvalue weighted by atomic mass is 32.2.